The number of halogens is 2. The minimum atomic E-state index is 0.429. The predicted molar refractivity (Wildman–Crippen MR) is 46.9 cm³/mol. The quantitative estimate of drug-likeness (QED) is 0.659. The summed E-state index contributed by atoms with van der Waals surface area (Å²) in [5.41, 5.74) is 0.867. The summed E-state index contributed by atoms with van der Waals surface area (Å²) >= 11 is 12.5. The SMILES string of the molecule is C=C(CCl)c1cnc(Cl)s1. The zero-order valence-electron chi connectivity index (χ0n) is 5.10. The average Bonchev–Trinajstić information content (AvgIpc) is 2.34. The van der Waals surface area contributed by atoms with E-state index in [1.165, 1.54) is 11.3 Å². The molecule has 0 aliphatic carbocycles. The van der Waals surface area contributed by atoms with E-state index in [-0.39, 0.29) is 0 Å². The number of allylic oxidation sites excluding steroid dienone is 1. The molecule has 0 saturated carbocycles. The molecule has 0 radical (unpaired) electrons. The largest absolute Gasteiger partial charge is 0.233 e. The van der Waals surface area contributed by atoms with Gasteiger partial charge in [0.2, 0.25) is 0 Å². The molecule has 0 aliphatic heterocycles. The van der Waals surface area contributed by atoms with Gasteiger partial charge in [-0.15, -0.1) is 22.9 Å². The van der Waals surface area contributed by atoms with Gasteiger partial charge in [0, 0.05) is 12.1 Å². The van der Waals surface area contributed by atoms with Crippen molar-refractivity contribution >= 4 is 40.1 Å². The van der Waals surface area contributed by atoms with Gasteiger partial charge in [0.1, 0.15) is 0 Å². The molecule has 1 rings (SSSR count). The molecule has 54 valence electrons. The second-order valence-electron chi connectivity index (χ2n) is 1.71. The Hall–Kier alpha value is -0.0500. The number of rotatable bonds is 2. The molecule has 0 fully saturated rings. The number of hydrogen-bond donors (Lipinski definition) is 0. The molecule has 0 N–H and O–H groups in total. The Morgan fingerprint density at radius 2 is 2.50 bits per heavy atom. The zero-order chi connectivity index (χ0) is 7.56. The second kappa shape index (κ2) is 3.37. The molecule has 1 heterocycles. The van der Waals surface area contributed by atoms with Crippen LogP contribution in [0.4, 0.5) is 0 Å². The van der Waals surface area contributed by atoms with E-state index in [9.17, 15) is 0 Å². The van der Waals surface area contributed by atoms with Crippen molar-refractivity contribution in [1.29, 1.82) is 0 Å². The van der Waals surface area contributed by atoms with Crippen LogP contribution < -0.4 is 0 Å². The third-order valence-corrected chi connectivity index (χ3v) is 2.53. The monoisotopic (exact) mass is 193 g/mol. The van der Waals surface area contributed by atoms with E-state index in [4.69, 9.17) is 23.2 Å². The summed E-state index contributed by atoms with van der Waals surface area (Å²) < 4.78 is 0.529. The van der Waals surface area contributed by atoms with Crippen molar-refractivity contribution in [2.75, 3.05) is 5.88 Å². The molecule has 0 aromatic carbocycles. The van der Waals surface area contributed by atoms with Crippen molar-refractivity contribution in [3.05, 3.63) is 22.1 Å². The first-order chi connectivity index (χ1) is 4.74. The molecule has 0 atom stereocenters. The Morgan fingerprint density at radius 3 is 2.90 bits per heavy atom. The van der Waals surface area contributed by atoms with Crippen LogP contribution in [0, 0.1) is 0 Å². The summed E-state index contributed by atoms with van der Waals surface area (Å²) in [6.07, 6.45) is 1.68. The lowest BCUT2D eigenvalue weighted by Crippen LogP contribution is -1.75. The summed E-state index contributed by atoms with van der Waals surface area (Å²) in [6.45, 7) is 3.74. The normalized spacial score (nSPS) is 9.80. The molecule has 0 bridgehead atoms. The lowest BCUT2D eigenvalue weighted by atomic mass is 10.3. The van der Waals surface area contributed by atoms with Crippen LogP contribution in [0.5, 0.6) is 0 Å². The number of nitrogens with zero attached hydrogens (tertiary/aromatic N) is 1. The fraction of sp³-hybridized carbons (Fsp3) is 0.167. The average molecular weight is 194 g/mol. The smallest absolute Gasteiger partial charge is 0.184 e. The van der Waals surface area contributed by atoms with Gasteiger partial charge in [0.25, 0.3) is 0 Å². The van der Waals surface area contributed by atoms with Crippen molar-refractivity contribution in [1.82, 2.24) is 4.98 Å². The highest BCUT2D eigenvalue weighted by molar-refractivity contribution is 7.16. The van der Waals surface area contributed by atoms with E-state index in [1.54, 1.807) is 6.20 Å². The Labute approximate surface area is 73.3 Å². The minimum Gasteiger partial charge on any atom is -0.233 e. The van der Waals surface area contributed by atoms with Crippen LogP contribution in [0.2, 0.25) is 4.47 Å². The summed E-state index contributed by atoms with van der Waals surface area (Å²) in [6, 6.07) is 0. The van der Waals surface area contributed by atoms with Gasteiger partial charge >= 0.3 is 0 Å². The number of alkyl halides is 1. The summed E-state index contributed by atoms with van der Waals surface area (Å²) in [5, 5.41) is 0. The van der Waals surface area contributed by atoms with Crippen LogP contribution in [-0.4, -0.2) is 10.9 Å². The van der Waals surface area contributed by atoms with Crippen molar-refractivity contribution in [3.63, 3.8) is 0 Å². The number of hydrogen-bond acceptors (Lipinski definition) is 2. The van der Waals surface area contributed by atoms with Crippen LogP contribution in [0.25, 0.3) is 5.57 Å². The number of thiazole rings is 1. The Balaban J connectivity index is 2.85. The molecule has 0 aliphatic rings. The maximum atomic E-state index is 5.58. The van der Waals surface area contributed by atoms with Crippen molar-refractivity contribution in [3.8, 4) is 0 Å². The highest BCUT2D eigenvalue weighted by atomic mass is 35.5. The minimum absolute atomic E-state index is 0.429. The van der Waals surface area contributed by atoms with Crippen molar-refractivity contribution in [2.24, 2.45) is 0 Å². The first kappa shape index (κ1) is 8.05. The maximum Gasteiger partial charge on any atom is 0.184 e. The molecular weight excluding hydrogens is 189 g/mol. The highest BCUT2D eigenvalue weighted by Crippen LogP contribution is 2.24. The lowest BCUT2D eigenvalue weighted by Gasteiger charge is -1.90. The molecule has 4 heteroatoms. The zero-order valence-corrected chi connectivity index (χ0v) is 7.43. The molecule has 0 saturated heterocycles. The third kappa shape index (κ3) is 1.72. The molecule has 1 nitrogen and oxygen atoms in total. The molecule has 1 aromatic rings. The molecule has 0 unspecified atom stereocenters. The van der Waals surface area contributed by atoms with Gasteiger partial charge in [-0.3, -0.25) is 0 Å². The molecule has 0 spiro atoms. The fourth-order valence-electron chi connectivity index (χ4n) is 0.482. The Morgan fingerprint density at radius 1 is 1.80 bits per heavy atom. The maximum absolute atomic E-state index is 5.58. The Kier molecular flexibility index (Phi) is 2.72. The van der Waals surface area contributed by atoms with Gasteiger partial charge in [-0.05, 0) is 5.57 Å². The van der Waals surface area contributed by atoms with E-state index in [0.717, 1.165) is 10.5 Å². The standard InChI is InChI=1S/C6H5Cl2NS/c1-4(2-7)5-3-9-6(8)10-5/h3H,1-2H2. The highest BCUT2D eigenvalue weighted by Gasteiger charge is 2.01. The van der Waals surface area contributed by atoms with Crippen LogP contribution in [0.3, 0.4) is 0 Å². The molecule has 10 heavy (non-hydrogen) atoms. The van der Waals surface area contributed by atoms with Crippen molar-refractivity contribution in [2.45, 2.75) is 0 Å². The molecule has 0 amide bonds. The van der Waals surface area contributed by atoms with Crippen LogP contribution >= 0.6 is 34.5 Å². The lowest BCUT2D eigenvalue weighted by molar-refractivity contribution is 1.41. The topological polar surface area (TPSA) is 12.9 Å². The third-order valence-electron chi connectivity index (χ3n) is 0.987. The van der Waals surface area contributed by atoms with Crippen LogP contribution in [-0.2, 0) is 0 Å². The van der Waals surface area contributed by atoms with Crippen LogP contribution in [0.1, 0.15) is 4.88 Å². The Bertz CT molecular complexity index is 244. The van der Waals surface area contributed by atoms with Gasteiger partial charge in [-0.1, -0.05) is 18.2 Å². The summed E-state index contributed by atoms with van der Waals surface area (Å²) in [4.78, 5) is 4.81. The first-order valence-electron chi connectivity index (χ1n) is 2.59. The summed E-state index contributed by atoms with van der Waals surface area (Å²) in [7, 11) is 0. The predicted octanol–water partition coefficient (Wildman–Crippen LogP) is 3.05. The van der Waals surface area contributed by atoms with E-state index < -0.39 is 0 Å². The van der Waals surface area contributed by atoms with E-state index >= 15 is 0 Å². The van der Waals surface area contributed by atoms with Gasteiger partial charge < -0.3 is 0 Å². The van der Waals surface area contributed by atoms with Gasteiger partial charge in [0.15, 0.2) is 4.47 Å². The molecular formula is C6H5Cl2NS. The van der Waals surface area contributed by atoms with Crippen molar-refractivity contribution < 1.29 is 0 Å². The fourth-order valence-corrected chi connectivity index (χ4v) is 1.61. The van der Waals surface area contributed by atoms with E-state index in [2.05, 4.69) is 11.6 Å². The van der Waals surface area contributed by atoms with E-state index in [0.29, 0.717) is 10.3 Å². The van der Waals surface area contributed by atoms with Gasteiger partial charge in [-0.25, -0.2) is 4.98 Å². The van der Waals surface area contributed by atoms with Crippen LogP contribution in [0.15, 0.2) is 12.8 Å². The van der Waals surface area contributed by atoms with E-state index in [1.807, 2.05) is 0 Å². The van der Waals surface area contributed by atoms with Gasteiger partial charge in [-0.2, -0.15) is 0 Å². The number of aromatic nitrogens is 1. The summed E-state index contributed by atoms with van der Waals surface area (Å²) in [5.74, 6) is 0.429. The van der Waals surface area contributed by atoms with Gasteiger partial charge in [0.05, 0.1) is 4.88 Å². The second-order valence-corrected chi connectivity index (χ2v) is 3.59. The first-order valence-corrected chi connectivity index (χ1v) is 4.32. The molecule has 1 aromatic heterocycles.